The molecule has 5 atom stereocenters. The van der Waals surface area contributed by atoms with E-state index >= 15 is 0 Å². The van der Waals surface area contributed by atoms with Gasteiger partial charge in [-0.3, -0.25) is 13.9 Å². The molecule has 5 unspecified atom stereocenters. The number of nitrogens with zero attached hydrogens (tertiary/aromatic N) is 4. The molecule has 1 aromatic carbocycles. The van der Waals surface area contributed by atoms with E-state index in [1.54, 1.807) is 55.9 Å². The molecule has 40 heavy (non-hydrogen) atoms. The minimum absolute atomic E-state index is 0.0177. The lowest BCUT2D eigenvalue weighted by molar-refractivity contribution is -0.149. The Labute approximate surface area is 236 Å². The van der Waals surface area contributed by atoms with Crippen LogP contribution in [0.1, 0.15) is 47.3 Å². The zero-order chi connectivity index (χ0) is 28.9. The summed E-state index contributed by atoms with van der Waals surface area (Å²) in [5, 5.41) is 2.77. The van der Waals surface area contributed by atoms with Gasteiger partial charge in [-0.25, -0.2) is 10.1 Å². The van der Waals surface area contributed by atoms with Gasteiger partial charge < -0.3 is 28.7 Å². The Morgan fingerprint density at radius 3 is 2.73 bits per heavy atom. The maximum absolute atomic E-state index is 13.8. The molecule has 3 heterocycles. The lowest BCUT2D eigenvalue weighted by Crippen LogP contribution is -2.35. The number of nitrogens with one attached hydrogen (secondary N) is 1. The quantitative estimate of drug-likeness (QED) is 0.162. The van der Waals surface area contributed by atoms with Crippen LogP contribution in [0.15, 0.2) is 36.7 Å². The predicted molar refractivity (Wildman–Crippen MR) is 151 cm³/mol. The van der Waals surface area contributed by atoms with Crippen LogP contribution in [0.4, 0.5) is 5.95 Å². The molecule has 2 aromatic heterocycles. The van der Waals surface area contributed by atoms with Gasteiger partial charge in [0.05, 0.1) is 31.7 Å². The van der Waals surface area contributed by atoms with Crippen molar-refractivity contribution in [1.29, 1.82) is 0 Å². The molecule has 3 N–H and O–H groups in total. The number of hydrogen-bond donors (Lipinski definition) is 2. The lowest BCUT2D eigenvalue weighted by atomic mass is 10.1. The number of ether oxygens (including phenoxy) is 3. The van der Waals surface area contributed by atoms with Gasteiger partial charge in [-0.15, -0.1) is 0 Å². The van der Waals surface area contributed by atoms with Gasteiger partial charge in [0, 0.05) is 5.92 Å². The average molecular weight is 595 g/mol. The Morgan fingerprint density at radius 1 is 1.27 bits per heavy atom. The van der Waals surface area contributed by atoms with Crippen molar-refractivity contribution in [3.8, 4) is 11.6 Å². The van der Waals surface area contributed by atoms with E-state index in [4.69, 9.17) is 28.7 Å². The third kappa shape index (κ3) is 7.43. The normalized spacial score (nSPS) is 21.3. The van der Waals surface area contributed by atoms with Crippen LogP contribution < -0.4 is 19.7 Å². The molecule has 15 heteroatoms. The van der Waals surface area contributed by atoms with Crippen LogP contribution in [0.3, 0.4) is 0 Å². The largest absolute Gasteiger partial charge is 0.476 e. The third-order valence-electron chi connectivity index (χ3n) is 5.88. The van der Waals surface area contributed by atoms with Gasteiger partial charge in [0.15, 0.2) is 22.8 Å². The summed E-state index contributed by atoms with van der Waals surface area (Å²) in [6.45, 7) is 5.54. The first-order chi connectivity index (χ1) is 19.1. The SMILES string of the molecule is CCOc1nc(N)nc2c1ncn2C1OC(COP(=O)(NC(C)C(=O)OC(C)C)SOc2ccccc2)CC1C. The Morgan fingerprint density at radius 2 is 2.02 bits per heavy atom. The number of benzene rings is 1. The lowest BCUT2D eigenvalue weighted by Gasteiger charge is -2.23. The smallest absolute Gasteiger partial charge is 0.365 e. The predicted octanol–water partition coefficient (Wildman–Crippen LogP) is 4.51. The first-order valence-electron chi connectivity index (χ1n) is 13.0. The van der Waals surface area contributed by atoms with E-state index in [2.05, 4.69) is 20.0 Å². The molecule has 0 amide bonds. The number of carbonyl (C=O) groups excluding carboxylic acids is 1. The minimum Gasteiger partial charge on any atom is -0.476 e. The fourth-order valence-corrected chi connectivity index (χ4v) is 7.02. The van der Waals surface area contributed by atoms with Crippen LogP contribution in [-0.4, -0.2) is 57.0 Å². The Balaban J connectivity index is 1.46. The van der Waals surface area contributed by atoms with E-state index in [1.807, 2.05) is 19.9 Å². The van der Waals surface area contributed by atoms with Gasteiger partial charge in [-0.1, -0.05) is 25.1 Å². The van der Waals surface area contributed by atoms with Gasteiger partial charge in [0.25, 0.3) is 0 Å². The molecule has 0 bridgehead atoms. The van der Waals surface area contributed by atoms with Crippen molar-refractivity contribution in [2.24, 2.45) is 5.92 Å². The zero-order valence-corrected chi connectivity index (χ0v) is 24.8. The highest BCUT2D eigenvalue weighted by atomic mass is 32.7. The molecule has 3 aromatic rings. The second kappa shape index (κ2) is 13.2. The molecule has 1 saturated heterocycles. The minimum atomic E-state index is -3.76. The molecule has 0 radical (unpaired) electrons. The number of rotatable bonds is 13. The van der Waals surface area contributed by atoms with E-state index in [0.717, 1.165) is 0 Å². The van der Waals surface area contributed by atoms with Crippen LogP contribution in [0.25, 0.3) is 11.2 Å². The molecule has 1 aliphatic heterocycles. The van der Waals surface area contributed by atoms with Crippen molar-refractivity contribution in [3.63, 3.8) is 0 Å². The molecule has 4 rings (SSSR count). The summed E-state index contributed by atoms with van der Waals surface area (Å²) >= 11 is 0.633. The molecule has 0 aliphatic carbocycles. The number of para-hydroxylation sites is 1. The third-order valence-corrected chi connectivity index (χ3v) is 8.98. The van der Waals surface area contributed by atoms with E-state index in [-0.39, 0.29) is 24.6 Å². The number of aromatic nitrogens is 4. The fourth-order valence-electron chi connectivity index (χ4n) is 4.15. The number of nitrogen functional groups attached to an aromatic ring is 1. The number of nitrogens with two attached hydrogens (primary N) is 1. The number of fused-ring (bicyclic) bond motifs is 1. The topological polar surface area (TPSA) is 162 Å². The summed E-state index contributed by atoms with van der Waals surface area (Å²) in [6, 6.07) is 7.97. The van der Waals surface area contributed by atoms with Gasteiger partial charge in [-0.2, -0.15) is 9.97 Å². The fraction of sp³-hybridized carbons (Fsp3) is 0.520. The van der Waals surface area contributed by atoms with Crippen molar-refractivity contribution in [1.82, 2.24) is 24.6 Å². The molecule has 1 aliphatic rings. The number of esters is 1. The summed E-state index contributed by atoms with van der Waals surface area (Å²) < 4.78 is 44.3. The van der Waals surface area contributed by atoms with Crippen LogP contribution in [0, 0.1) is 5.92 Å². The summed E-state index contributed by atoms with van der Waals surface area (Å²) in [4.78, 5) is 25.3. The van der Waals surface area contributed by atoms with Gasteiger partial charge in [0.2, 0.25) is 11.8 Å². The molecule has 218 valence electrons. The summed E-state index contributed by atoms with van der Waals surface area (Å²) in [7, 11) is 0. The summed E-state index contributed by atoms with van der Waals surface area (Å²) in [6.07, 6.45) is 1.07. The van der Waals surface area contributed by atoms with Crippen LogP contribution in [0.2, 0.25) is 0 Å². The Bertz CT molecular complexity index is 1340. The van der Waals surface area contributed by atoms with Gasteiger partial charge in [0.1, 0.15) is 18.0 Å². The first-order valence-corrected chi connectivity index (χ1v) is 16.0. The molecule has 0 spiro atoms. The number of imidazole rings is 1. The maximum Gasteiger partial charge on any atom is 0.365 e. The second-order valence-corrected chi connectivity index (χ2v) is 13.3. The van der Waals surface area contributed by atoms with Crippen molar-refractivity contribution in [2.45, 2.75) is 65.5 Å². The molecular formula is C25H35N6O7PS. The standard InChI is InChI=1S/C25H35N6O7PS/c1-6-34-22-20-21(28-25(26)29-22)31(14-27-20)23-16(4)12-19(37-23)13-35-39(33,30-17(5)24(32)36-15(2)3)40-38-18-10-8-7-9-11-18/h7-11,14-17,19,23H,6,12-13H2,1-5H3,(H,30,33)(H2,26,28,29). The summed E-state index contributed by atoms with van der Waals surface area (Å²) in [5.41, 5.74) is 6.88. The zero-order valence-electron chi connectivity index (χ0n) is 23.1. The monoisotopic (exact) mass is 594 g/mol. The Hall–Kier alpha value is -2.90. The van der Waals surface area contributed by atoms with Crippen LogP contribution in [-0.2, 0) is 23.4 Å². The van der Waals surface area contributed by atoms with Crippen LogP contribution >= 0.6 is 18.4 Å². The Kier molecular flexibility index (Phi) is 9.90. The van der Waals surface area contributed by atoms with E-state index < -0.39 is 31.1 Å². The van der Waals surface area contributed by atoms with Crippen molar-refractivity contribution >= 4 is 41.5 Å². The molecule has 13 nitrogen and oxygen atoms in total. The highest BCUT2D eigenvalue weighted by Gasteiger charge is 2.38. The molecular weight excluding hydrogens is 559 g/mol. The van der Waals surface area contributed by atoms with E-state index in [1.165, 1.54) is 0 Å². The first kappa shape index (κ1) is 30.1. The van der Waals surface area contributed by atoms with Crippen molar-refractivity contribution in [3.05, 3.63) is 36.7 Å². The van der Waals surface area contributed by atoms with Crippen molar-refractivity contribution < 1.29 is 32.3 Å². The second-order valence-electron chi connectivity index (χ2n) is 9.61. The van der Waals surface area contributed by atoms with Gasteiger partial charge >= 0.3 is 12.7 Å². The number of hydrogen-bond acceptors (Lipinski definition) is 12. The number of anilines is 1. The average Bonchev–Trinajstić information content (AvgIpc) is 3.49. The molecule has 1 fully saturated rings. The van der Waals surface area contributed by atoms with Crippen molar-refractivity contribution in [2.75, 3.05) is 18.9 Å². The van der Waals surface area contributed by atoms with Gasteiger partial charge in [-0.05, 0) is 46.2 Å². The number of carbonyl (C=O) groups is 1. The highest BCUT2D eigenvalue weighted by Crippen LogP contribution is 2.57. The summed E-state index contributed by atoms with van der Waals surface area (Å²) in [5.74, 6) is 0.349. The molecule has 0 saturated carbocycles. The van der Waals surface area contributed by atoms with E-state index in [9.17, 15) is 9.36 Å². The highest BCUT2D eigenvalue weighted by molar-refractivity contribution is 8.53. The van der Waals surface area contributed by atoms with Crippen LogP contribution in [0.5, 0.6) is 11.6 Å². The van der Waals surface area contributed by atoms with E-state index in [0.29, 0.717) is 47.5 Å². The maximum atomic E-state index is 13.8.